The molecule has 1 aliphatic rings. The largest absolute Gasteiger partial charge is 0.474 e. The van der Waals surface area contributed by atoms with E-state index in [0.29, 0.717) is 18.0 Å². The second kappa shape index (κ2) is 9.12. The standard InChI is InChI=1S/C20H22F2N6O2/c1-13-19(29-15-2-5-23-6-3-15)25-11-26-20(13)30-18-9-16(21)14(8-17(18)22)4-7-28-12-24-10-27-28/h8-12,15,23H,2-7H2,1H3. The van der Waals surface area contributed by atoms with Gasteiger partial charge in [0.15, 0.2) is 11.6 Å². The van der Waals surface area contributed by atoms with Gasteiger partial charge < -0.3 is 14.8 Å². The average Bonchev–Trinajstić information content (AvgIpc) is 3.27. The number of halogens is 2. The molecule has 4 rings (SSSR count). The lowest BCUT2D eigenvalue weighted by Gasteiger charge is -2.24. The van der Waals surface area contributed by atoms with Crippen LogP contribution in [0.2, 0.25) is 0 Å². The first-order valence-corrected chi connectivity index (χ1v) is 9.77. The monoisotopic (exact) mass is 416 g/mol. The summed E-state index contributed by atoms with van der Waals surface area (Å²) in [6.45, 7) is 3.88. The summed E-state index contributed by atoms with van der Waals surface area (Å²) in [7, 11) is 0. The third-order valence-electron chi connectivity index (χ3n) is 4.94. The van der Waals surface area contributed by atoms with E-state index in [1.807, 2.05) is 0 Å². The number of nitrogens with one attached hydrogen (secondary N) is 1. The second-order valence-corrected chi connectivity index (χ2v) is 7.06. The average molecular weight is 416 g/mol. The number of benzene rings is 1. The Morgan fingerprint density at radius 2 is 1.90 bits per heavy atom. The maximum atomic E-state index is 14.6. The van der Waals surface area contributed by atoms with Crippen molar-refractivity contribution >= 4 is 0 Å². The van der Waals surface area contributed by atoms with Gasteiger partial charge >= 0.3 is 0 Å². The van der Waals surface area contributed by atoms with Crippen LogP contribution in [0.1, 0.15) is 24.0 Å². The molecule has 2 aromatic heterocycles. The zero-order valence-electron chi connectivity index (χ0n) is 16.5. The van der Waals surface area contributed by atoms with Gasteiger partial charge in [-0.3, -0.25) is 4.68 Å². The molecule has 0 saturated carbocycles. The zero-order valence-corrected chi connectivity index (χ0v) is 16.5. The molecule has 3 heterocycles. The van der Waals surface area contributed by atoms with E-state index in [1.54, 1.807) is 11.6 Å². The lowest BCUT2D eigenvalue weighted by atomic mass is 10.1. The van der Waals surface area contributed by atoms with Crippen molar-refractivity contribution in [3.8, 4) is 17.5 Å². The topological polar surface area (TPSA) is 87.0 Å². The van der Waals surface area contributed by atoms with Crippen LogP contribution in [-0.2, 0) is 13.0 Å². The minimum atomic E-state index is -0.677. The smallest absolute Gasteiger partial charge is 0.229 e. The van der Waals surface area contributed by atoms with Crippen LogP contribution in [0.25, 0.3) is 0 Å². The van der Waals surface area contributed by atoms with Crippen molar-refractivity contribution in [3.63, 3.8) is 0 Å². The highest BCUT2D eigenvalue weighted by atomic mass is 19.1. The second-order valence-electron chi connectivity index (χ2n) is 7.06. The molecule has 0 amide bonds. The van der Waals surface area contributed by atoms with E-state index >= 15 is 0 Å². The predicted octanol–water partition coefficient (Wildman–Crippen LogP) is 2.82. The van der Waals surface area contributed by atoms with E-state index < -0.39 is 11.6 Å². The van der Waals surface area contributed by atoms with E-state index in [2.05, 4.69) is 25.4 Å². The molecular weight excluding hydrogens is 394 g/mol. The van der Waals surface area contributed by atoms with Crippen molar-refractivity contribution in [1.82, 2.24) is 30.0 Å². The number of rotatable bonds is 7. The molecule has 10 heteroatoms. The predicted molar refractivity (Wildman–Crippen MR) is 103 cm³/mol. The van der Waals surface area contributed by atoms with Gasteiger partial charge in [-0.05, 0) is 50.9 Å². The van der Waals surface area contributed by atoms with E-state index in [9.17, 15) is 8.78 Å². The Morgan fingerprint density at radius 1 is 1.10 bits per heavy atom. The first-order valence-electron chi connectivity index (χ1n) is 9.77. The normalized spacial score (nSPS) is 14.6. The molecule has 1 aliphatic heterocycles. The third kappa shape index (κ3) is 4.70. The van der Waals surface area contributed by atoms with Crippen LogP contribution < -0.4 is 14.8 Å². The van der Waals surface area contributed by atoms with Crippen LogP contribution in [0.4, 0.5) is 8.78 Å². The fourth-order valence-corrected chi connectivity index (χ4v) is 3.24. The molecule has 8 nitrogen and oxygen atoms in total. The van der Waals surface area contributed by atoms with E-state index in [4.69, 9.17) is 9.47 Å². The molecule has 0 radical (unpaired) electrons. The SMILES string of the molecule is Cc1c(Oc2cc(F)c(CCn3cncn3)cc2F)ncnc1OC1CCNCC1. The summed E-state index contributed by atoms with van der Waals surface area (Å²) in [6, 6.07) is 2.16. The quantitative estimate of drug-likeness (QED) is 0.634. The van der Waals surface area contributed by atoms with Crippen LogP contribution in [0.3, 0.4) is 0 Å². The van der Waals surface area contributed by atoms with Crippen molar-refractivity contribution in [2.24, 2.45) is 0 Å². The first kappa shape index (κ1) is 20.1. The molecule has 1 fully saturated rings. The Kier molecular flexibility index (Phi) is 6.12. The maximum Gasteiger partial charge on any atom is 0.229 e. The number of aryl methyl sites for hydroxylation is 2. The summed E-state index contributed by atoms with van der Waals surface area (Å²) in [4.78, 5) is 12.0. The summed E-state index contributed by atoms with van der Waals surface area (Å²) >= 11 is 0. The van der Waals surface area contributed by atoms with Crippen LogP contribution >= 0.6 is 0 Å². The lowest BCUT2D eigenvalue weighted by Crippen LogP contribution is -2.34. The highest BCUT2D eigenvalue weighted by molar-refractivity contribution is 5.38. The maximum absolute atomic E-state index is 14.6. The van der Waals surface area contributed by atoms with Gasteiger partial charge in [0, 0.05) is 12.6 Å². The number of ether oxygens (including phenoxy) is 2. The molecule has 1 aromatic carbocycles. The highest BCUT2D eigenvalue weighted by Crippen LogP contribution is 2.31. The number of hydrogen-bond acceptors (Lipinski definition) is 7. The fourth-order valence-electron chi connectivity index (χ4n) is 3.24. The molecule has 158 valence electrons. The van der Waals surface area contributed by atoms with Gasteiger partial charge in [0.05, 0.1) is 5.56 Å². The summed E-state index contributed by atoms with van der Waals surface area (Å²) < 4.78 is 42.1. The minimum absolute atomic E-state index is 0.0474. The fraction of sp³-hybridized carbons (Fsp3) is 0.400. The van der Waals surface area contributed by atoms with Crippen molar-refractivity contribution in [2.45, 2.75) is 38.8 Å². The molecule has 0 atom stereocenters. The molecule has 0 aliphatic carbocycles. The van der Waals surface area contributed by atoms with Gasteiger partial charge in [0.1, 0.15) is 30.9 Å². The van der Waals surface area contributed by atoms with E-state index in [-0.39, 0.29) is 29.7 Å². The summed E-state index contributed by atoms with van der Waals surface area (Å²) in [5.41, 5.74) is 0.760. The summed E-state index contributed by atoms with van der Waals surface area (Å²) in [6.07, 6.45) is 6.26. The minimum Gasteiger partial charge on any atom is -0.474 e. The Hall–Kier alpha value is -3.14. The van der Waals surface area contributed by atoms with Crippen molar-refractivity contribution in [2.75, 3.05) is 13.1 Å². The van der Waals surface area contributed by atoms with Crippen molar-refractivity contribution in [1.29, 1.82) is 0 Å². The first-order chi connectivity index (χ1) is 14.6. The third-order valence-corrected chi connectivity index (χ3v) is 4.94. The van der Waals surface area contributed by atoms with Gasteiger partial charge in [-0.15, -0.1) is 0 Å². The van der Waals surface area contributed by atoms with Gasteiger partial charge in [-0.2, -0.15) is 5.10 Å². The van der Waals surface area contributed by atoms with Gasteiger partial charge in [-0.1, -0.05) is 0 Å². The Labute approximate surface area is 172 Å². The summed E-state index contributed by atoms with van der Waals surface area (Å²) in [5, 5.41) is 7.22. The molecule has 0 unspecified atom stereocenters. The summed E-state index contributed by atoms with van der Waals surface area (Å²) in [5.74, 6) is -0.973. The zero-order chi connectivity index (χ0) is 20.9. The van der Waals surface area contributed by atoms with Crippen LogP contribution in [-0.4, -0.2) is 43.9 Å². The molecule has 1 N–H and O–H groups in total. The van der Waals surface area contributed by atoms with Gasteiger partial charge in [-0.25, -0.2) is 23.7 Å². The number of nitrogens with zero attached hydrogens (tertiary/aromatic N) is 5. The molecule has 0 bridgehead atoms. The molecule has 1 saturated heterocycles. The Morgan fingerprint density at radius 3 is 2.67 bits per heavy atom. The Balaban J connectivity index is 1.48. The van der Waals surface area contributed by atoms with E-state index in [1.165, 1.54) is 19.0 Å². The highest BCUT2D eigenvalue weighted by Gasteiger charge is 2.19. The van der Waals surface area contributed by atoms with Crippen molar-refractivity contribution < 1.29 is 18.3 Å². The molecule has 30 heavy (non-hydrogen) atoms. The van der Waals surface area contributed by atoms with Gasteiger partial charge in [0.25, 0.3) is 0 Å². The van der Waals surface area contributed by atoms with E-state index in [0.717, 1.165) is 38.1 Å². The molecular formula is C20H22F2N6O2. The number of aromatic nitrogens is 5. The van der Waals surface area contributed by atoms with Crippen LogP contribution in [0.15, 0.2) is 31.1 Å². The molecule has 3 aromatic rings. The van der Waals surface area contributed by atoms with Crippen LogP contribution in [0.5, 0.6) is 17.5 Å². The van der Waals surface area contributed by atoms with Gasteiger partial charge in [0.2, 0.25) is 11.8 Å². The lowest BCUT2D eigenvalue weighted by molar-refractivity contribution is 0.154. The number of piperidine rings is 1. The van der Waals surface area contributed by atoms with Crippen molar-refractivity contribution in [3.05, 3.63) is 53.9 Å². The molecule has 0 spiro atoms. The van der Waals surface area contributed by atoms with Crippen LogP contribution in [0, 0.1) is 18.6 Å². The Bertz CT molecular complexity index is 993. The number of hydrogen-bond donors (Lipinski definition) is 1.